The number of ketones is 1. The van der Waals surface area contributed by atoms with Gasteiger partial charge in [-0.1, -0.05) is 12.1 Å². The number of esters is 2. The molecule has 1 aliphatic heterocycles. The van der Waals surface area contributed by atoms with Crippen molar-refractivity contribution in [3.8, 4) is 23.0 Å². The van der Waals surface area contributed by atoms with Gasteiger partial charge in [-0.3, -0.25) is 4.79 Å². The van der Waals surface area contributed by atoms with Crippen LogP contribution in [0, 0.1) is 0 Å². The second-order valence-electron chi connectivity index (χ2n) is 7.17. The second kappa shape index (κ2) is 9.50. The second-order valence-corrected chi connectivity index (χ2v) is 7.17. The van der Waals surface area contributed by atoms with E-state index >= 15 is 0 Å². The summed E-state index contributed by atoms with van der Waals surface area (Å²) in [7, 11) is 4.28. The highest BCUT2D eigenvalue weighted by Gasteiger charge is 2.28. The van der Waals surface area contributed by atoms with Gasteiger partial charge in [0, 0.05) is 6.07 Å². The molecule has 0 aromatic heterocycles. The Labute approximate surface area is 195 Å². The maximum Gasteiger partial charge on any atom is 0.343 e. The molecule has 0 saturated heterocycles. The summed E-state index contributed by atoms with van der Waals surface area (Å²) >= 11 is 0. The van der Waals surface area contributed by atoms with E-state index in [-0.39, 0.29) is 28.6 Å². The fraction of sp³-hybridized carbons (Fsp3) is 0.115. The van der Waals surface area contributed by atoms with E-state index in [0.29, 0.717) is 28.2 Å². The topological polar surface area (TPSA) is 97.4 Å². The number of hydrogen-bond acceptors (Lipinski definition) is 8. The molecule has 0 atom stereocenters. The van der Waals surface area contributed by atoms with Gasteiger partial charge in [0.15, 0.2) is 17.3 Å². The van der Waals surface area contributed by atoms with E-state index in [1.165, 1.54) is 45.6 Å². The highest BCUT2D eigenvalue weighted by molar-refractivity contribution is 6.14. The highest BCUT2D eigenvalue weighted by Crippen LogP contribution is 2.35. The maximum atomic E-state index is 12.7. The van der Waals surface area contributed by atoms with Gasteiger partial charge in [0.1, 0.15) is 11.5 Å². The Morgan fingerprint density at radius 1 is 0.794 bits per heavy atom. The van der Waals surface area contributed by atoms with Gasteiger partial charge in [-0.15, -0.1) is 0 Å². The van der Waals surface area contributed by atoms with Crippen LogP contribution in [-0.2, 0) is 4.74 Å². The van der Waals surface area contributed by atoms with E-state index < -0.39 is 11.9 Å². The number of allylic oxidation sites excluding steroid dienone is 1. The molecule has 0 amide bonds. The number of benzene rings is 3. The Bertz CT molecular complexity index is 1300. The number of fused-ring (bicyclic) bond motifs is 1. The first kappa shape index (κ1) is 22.6. The first-order valence-corrected chi connectivity index (χ1v) is 10.1. The van der Waals surface area contributed by atoms with Crippen molar-refractivity contribution in [3.05, 3.63) is 88.7 Å². The lowest BCUT2D eigenvalue weighted by atomic mass is 10.1. The molecule has 34 heavy (non-hydrogen) atoms. The molecular formula is C26H20O8. The van der Waals surface area contributed by atoms with E-state index in [9.17, 15) is 14.4 Å². The third-order valence-corrected chi connectivity index (χ3v) is 5.10. The molecule has 0 bridgehead atoms. The number of rotatable bonds is 6. The lowest BCUT2D eigenvalue weighted by Gasteiger charge is -2.10. The van der Waals surface area contributed by atoms with Crippen LogP contribution in [0.5, 0.6) is 23.0 Å². The average molecular weight is 460 g/mol. The summed E-state index contributed by atoms with van der Waals surface area (Å²) in [4.78, 5) is 36.9. The van der Waals surface area contributed by atoms with E-state index in [1.807, 2.05) is 0 Å². The van der Waals surface area contributed by atoms with E-state index in [4.69, 9.17) is 18.9 Å². The third kappa shape index (κ3) is 4.47. The zero-order valence-electron chi connectivity index (χ0n) is 18.6. The minimum absolute atomic E-state index is 0.115. The van der Waals surface area contributed by atoms with Crippen molar-refractivity contribution < 1.29 is 38.1 Å². The molecule has 1 heterocycles. The molecule has 0 unspecified atom stereocenters. The van der Waals surface area contributed by atoms with E-state index in [0.717, 1.165) is 0 Å². The summed E-state index contributed by atoms with van der Waals surface area (Å²) in [5, 5.41) is 0. The molecular weight excluding hydrogens is 440 g/mol. The largest absolute Gasteiger partial charge is 0.493 e. The van der Waals surface area contributed by atoms with Crippen LogP contribution in [0.3, 0.4) is 0 Å². The van der Waals surface area contributed by atoms with Gasteiger partial charge in [-0.2, -0.15) is 0 Å². The number of hydrogen-bond donors (Lipinski definition) is 0. The van der Waals surface area contributed by atoms with Crippen LogP contribution in [0.25, 0.3) is 6.08 Å². The fourth-order valence-electron chi connectivity index (χ4n) is 3.34. The Morgan fingerprint density at radius 2 is 1.50 bits per heavy atom. The average Bonchev–Trinajstić information content (AvgIpc) is 3.17. The Balaban J connectivity index is 1.51. The van der Waals surface area contributed by atoms with Gasteiger partial charge in [-0.25, -0.2) is 9.59 Å². The molecule has 0 aliphatic carbocycles. The van der Waals surface area contributed by atoms with Crippen LogP contribution in [0.4, 0.5) is 0 Å². The highest BCUT2D eigenvalue weighted by atomic mass is 16.5. The molecule has 8 nitrogen and oxygen atoms in total. The fourth-order valence-corrected chi connectivity index (χ4v) is 3.34. The number of Topliss-reactive ketones (excluding diaryl/α,β-unsaturated/α-hetero) is 1. The summed E-state index contributed by atoms with van der Waals surface area (Å²) in [5.74, 6) is 0.141. The summed E-state index contributed by atoms with van der Waals surface area (Å²) in [6.45, 7) is 0. The van der Waals surface area contributed by atoms with Crippen molar-refractivity contribution in [2.75, 3.05) is 21.3 Å². The van der Waals surface area contributed by atoms with Crippen molar-refractivity contribution in [1.82, 2.24) is 0 Å². The van der Waals surface area contributed by atoms with Crippen LogP contribution in [0.1, 0.15) is 36.6 Å². The first-order valence-electron chi connectivity index (χ1n) is 10.1. The lowest BCUT2D eigenvalue weighted by Crippen LogP contribution is -2.09. The van der Waals surface area contributed by atoms with Gasteiger partial charge < -0.3 is 23.7 Å². The van der Waals surface area contributed by atoms with Crippen LogP contribution < -0.4 is 18.9 Å². The Hall–Kier alpha value is -4.59. The molecule has 0 spiro atoms. The van der Waals surface area contributed by atoms with Crippen molar-refractivity contribution in [2.24, 2.45) is 0 Å². The smallest absolute Gasteiger partial charge is 0.343 e. The Kier molecular flexibility index (Phi) is 6.31. The van der Waals surface area contributed by atoms with Crippen LogP contribution in [-0.4, -0.2) is 39.1 Å². The number of carbonyl (C=O) groups excluding carboxylic acids is 3. The van der Waals surface area contributed by atoms with Gasteiger partial charge in [0.2, 0.25) is 5.78 Å². The predicted molar refractivity (Wildman–Crippen MR) is 122 cm³/mol. The van der Waals surface area contributed by atoms with Crippen LogP contribution in [0.15, 0.2) is 66.4 Å². The van der Waals surface area contributed by atoms with Crippen molar-refractivity contribution in [3.63, 3.8) is 0 Å². The molecule has 4 rings (SSSR count). The summed E-state index contributed by atoms with van der Waals surface area (Å²) in [5.41, 5.74) is 1.69. The number of methoxy groups -OCH3 is 3. The zero-order valence-corrected chi connectivity index (χ0v) is 18.6. The van der Waals surface area contributed by atoms with Crippen LogP contribution >= 0.6 is 0 Å². The molecule has 3 aromatic carbocycles. The monoisotopic (exact) mass is 460 g/mol. The number of ether oxygens (including phenoxy) is 5. The molecule has 0 fully saturated rings. The molecule has 0 radical (unpaired) electrons. The quantitative estimate of drug-likeness (QED) is 0.305. The van der Waals surface area contributed by atoms with Crippen molar-refractivity contribution in [2.45, 2.75) is 0 Å². The number of carbonyl (C=O) groups is 3. The third-order valence-electron chi connectivity index (χ3n) is 5.10. The van der Waals surface area contributed by atoms with E-state index in [1.54, 1.807) is 42.5 Å². The van der Waals surface area contributed by atoms with Crippen molar-refractivity contribution >= 4 is 23.8 Å². The van der Waals surface area contributed by atoms with Gasteiger partial charge >= 0.3 is 11.9 Å². The van der Waals surface area contributed by atoms with E-state index in [2.05, 4.69) is 4.74 Å². The SMILES string of the molecule is COC(=O)c1ccc(C=C2Oc3cc(OC(=O)c4ccc(OC)c(OC)c4)ccc3C2=O)cc1. The van der Waals surface area contributed by atoms with Gasteiger partial charge in [-0.05, 0) is 54.1 Å². The summed E-state index contributed by atoms with van der Waals surface area (Å²) < 4.78 is 26.2. The summed E-state index contributed by atoms with van der Waals surface area (Å²) in [6, 6.07) is 15.8. The van der Waals surface area contributed by atoms with Gasteiger partial charge in [0.25, 0.3) is 0 Å². The minimum Gasteiger partial charge on any atom is -0.493 e. The Morgan fingerprint density at radius 3 is 2.18 bits per heavy atom. The first-order chi connectivity index (χ1) is 16.4. The summed E-state index contributed by atoms with van der Waals surface area (Å²) in [6.07, 6.45) is 1.57. The molecule has 172 valence electrons. The zero-order chi connectivity index (χ0) is 24.2. The van der Waals surface area contributed by atoms with Crippen molar-refractivity contribution in [1.29, 1.82) is 0 Å². The maximum absolute atomic E-state index is 12.7. The molecule has 8 heteroatoms. The molecule has 0 N–H and O–H groups in total. The normalized spacial score (nSPS) is 13.1. The van der Waals surface area contributed by atoms with Gasteiger partial charge in [0.05, 0.1) is 38.0 Å². The standard InChI is InChI=1S/C26H20O8/c1-30-20-11-8-17(13-22(20)31-2)26(29)33-18-9-10-19-21(14-18)34-23(24(19)27)12-15-4-6-16(7-5-15)25(28)32-3/h4-14H,1-3H3. The molecule has 1 aliphatic rings. The predicted octanol–water partition coefficient (Wildman–Crippen LogP) is 4.33. The molecule has 3 aromatic rings. The van der Waals surface area contributed by atoms with Crippen LogP contribution in [0.2, 0.25) is 0 Å². The minimum atomic E-state index is -0.605. The lowest BCUT2D eigenvalue weighted by molar-refractivity contribution is 0.0600. The molecule has 0 saturated carbocycles.